The van der Waals surface area contributed by atoms with Gasteiger partial charge in [-0.3, -0.25) is 9.80 Å². The molecule has 0 radical (unpaired) electrons. The largest absolute Gasteiger partial charge is 1.00 e. The minimum Gasteiger partial charge on any atom is -0.854 e. The van der Waals surface area contributed by atoms with Crippen LogP contribution < -0.4 is 113 Å². The van der Waals surface area contributed by atoms with E-state index in [4.69, 9.17) is 18.9 Å². The second kappa shape index (κ2) is 30.5. The molecule has 7 fully saturated rings. The normalized spacial score (nSPS) is 26.9. The molecule has 0 aromatic rings. The Labute approximate surface area is 455 Å². The van der Waals surface area contributed by atoms with Crippen LogP contribution in [0.5, 0.6) is 0 Å². The van der Waals surface area contributed by atoms with E-state index in [9.17, 15) is 19.0 Å². The molecule has 3 aliphatic heterocycles. The number of thioether (sulfide) groups is 1. The fourth-order valence-electron chi connectivity index (χ4n) is 7.70. The van der Waals surface area contributed by atoms with Crippen molar-refractivity contribution in [2.75, 3.05) is 143 Å². The average Bonchev–Trinajstić information content (AvgIpc) is 4.08. The Kier molecular flexibility index (Phi) is 31.1. The van der Waals surface area contributed by atoms with Crippen molar-refractivity contribution in [2.24, 2.45) is 27.6 Å². The Morgan fingerprint density at radius 1 is 0.767 bits per heavy atom. The van der Waals surface area contributed by atoms with E-state index in [1.54, 1.807) is 0 Å². The van der Waals surface area contributed by atoms with Gasteiger partial charge in [-0.05, 0) is 89.6 Å². The van der Waals surface area contributed by atoms with Crippen LogP contribution in [0, 0.1) is 27.6 Å². The Balaban J connectivity index is 0.000000393. The van der Waals surface area contributed by atoms with Gasteiger partial charge in [-0.25, -0.2) is 8.78 Å². The molecule has 2 unspecified atom stereocenters. The fourth-order valence-corrected chi connectivity index (χ4v) is 8.68. The zero-order valence-electron chi connectivity index (χ0n) is 40.4. The number of nitrogens with zero attached hydrogens (tertiary/aromatic N) is 4. The number of rotatable bonds is 18. The van der Waals surface area contributed by atoms with Crippen molar-refractivity contribution in [3.05, 3.63) is 0 Å². The summed E-state index contributed by atoms with van der Waals surface area (Å²) in [5.74, 6) is 0.624. The molecule has 0 aromatic carbocycles. The molecule has 7 aliphatic rings. The Hall–Kier alpha value is 3.08. The first kappa shape index (κ1) is 61.1. The molecular weight excluding hydrogens is 841 g/mol. The average molecular weight is 927 g/mol. The molecule has 7 rings (SSSR count). The quantitative estimate of drug-likeness (QED) is 0.162. The van der Waals surface area contributed by atoms with Crippen LogP contribution in [0.4, 0.5) is 8.78 Å². The molecule has 0 aromatic heterocycles. The van der Waals surface area contributed by atoms with Crippen molar-refractivity contribution in [1.29, 1.82) is 0 Å². The molecule has 0 bridgehead atoms. The topological polar surface area (TPSA) is 96.0 Å². The van der Waals surface area contributed by atoms with Gasteiger partial charge in [0.15, 0.2) is 0 Å². The van der Waals surface area contributed by atoms with Gasteiger partial charge >= 0.3 is 103 Å². The van der Waals surface area contributed by atoms with Crippen molar-refractivity contribution < 1.29 is 141 Å². The second-order valence-corrected chi connectivity index (χ2v) is 20.4. The van der Waals surface area contributed by atoms with E-state index in [1.807, 2.05) is 39.5 Å². The van der Waals surface area contributed by atoms with Gasteiger partial charge in [0.1, 0.15) is 0 Å². The molecule has 0 N–H and O–H groups in total. The third-order valence-corrected chi connectivity index (χ3v) is 13.7. The van der Waals surface area contributed by atoms with Crippen molar-refractivity contribution >= 4 is 11.8 Å². The molecule has 15 heteroatoms. The number of hydrogen-bond acceptors (Lipinski definition) is 11. The monoisotopic (exact) mass is 927 g/mol. The number of morpholine rings is 2. The Morgan fingerprint density at radius 2 is 1.28 bits per heavy atom. The molecule has 344 valence electrons. The molecule has 4 saturated carbocycles. The van der Waals surface area contributed by atoms with Crippen LogP contribution in [0.25, 0.3) is 0 Å². The summed E-state index contributed by atoms with van der Waals surface area (Å²) in [4.78, 5) is 9.34. The fraction of sp³-hybridized carbons (Fsp3) is 1.00. The van der Waals surface area contributed by atoms with Gasteiger partial charge in [0.2, 0.25) is 0 Å². The summed E-state index contributed by atoms with van der Waals surface area (Å²) in [6, 6.07) is 0.498. The predicted octanol–water partition coefficient (Wildman–Crippen LogP) is -0.783. The summed E-state index contributed by atoms with van der Waals surface area (Å²) in [6.07, 6.45) is 7.32. The van der Waals surface area contributed by atoms with E-state index in [2.05, 4.69) is 54.3 Å². The van der Waals surface area contributed by atoms with Crippen LogP contribution in [0.1, 0.15) is 100 Å². The number of alkyl halides is 2. The van der Waals surface area contributed by atoms with Gasteiger partial charge in [-0.15, -0.1) is 13.2 Å². The third kappa shape index (κ3) is 22.5. The summed E-state index contributed by atoms with van der Waals surface area (Å²) in [7, 11) is 2.20. The first-order chi connectivity index (χ1) is 27.6. The van der Waals surface area contributed by atoms with E-state index in [0.717, 1.165) is 78.5 Å². The van der Waals surface area contributed by atoms with Crippen LogP contribution >= 0.6 is 11.8 Å². The van der Waals surface area contributed by atoms with E-state index >= 15 is 0 Å². The number of halogens is 2. The summed E-state index contributed by atoms with van der Waals surface area (Å²) >= 11 is 2.03. The third-order valence-electron chi connectivity index (χ3n) is 12.7. The zero-order chi connectivity index (χ0) is 42.9. The minimum atomic E-state index is -2.56. The maximum absolute atomic E-state index is 13.5. The van der Waals surface area contributed by atoms with Crippen molar-refractivity contribution in [2.45, 2.75) is 118 Å². The molecule has 0 amide bonds. The summed E-state index contributed by atoms with van der Waals surface area (Å²) in [5, 5.41) is 21.8. The maximum Gasteiger partial charge on any atom is 1.00 e. The summed E-state index contributed by atoms with van der Waals surface area (Å²) in [5.41, 5.74) is -0.0815. The molecule has 3 saturated heterocycles. The Morgan fingerprint density at radius 3 is 1.73 bits per heavy atom. The standard InChI is InChI=1S/C12H21F2NO2.C12H25NO.C10H18NO2.C9H16NOS.C2H6.2K/c1-10(2)17-9-11(7-12(11,13)14)8-15-3-5-16-6-4-15;1-5-13(4)9-12(6-7-12)10-14-8-11(2)3;1-9-6-13-5-4-11(9)7-10(8-12)2-3-10;11-8-9(1-2-9)7-10-3-5-12-6-4-10;1-2;;/h10H,3-9H2,1-2H3;11H,5-10H2,1-4H3;9H,2-8H2,1H3;1-8H2;1-2H3;;/q;;2*-1;;2*+1. The van der Waals surface area contributed by atoms with Gasteiger partial charge in [-0.1, -0.05) is 34.6 Å². The van der Waals surface area contributed by atoms with Gasteiger partial charge in [0.05, 0.1) is 51.2 Å². The second-order valence-electron chi connectivity index (χ2n) is 19.2. The molecular formula is C45H86F2K2N4O6S. The van der Waals surface area contributed by atoms with E-state index in [1.165, 1.54) is 56.8 Å². The maximum atomic E-state index is 13.5. The summed E-state index contributed by atoms with van der Waals surface area (Å²) in [6.45, 7) is 31.6. The number of hydrogen-bond donors (Lipinski definition) is 0. The molecule has 4 aliphatic carbocycles. The molecule has 60 heavy (non-hydrogen) atoms. The van der Waals surface area contributed by atoms with E-state index in [0.29, 0.717) is 37.1 Å². The van der Waals surface area contributed by atoms with Crippen molar-refractivity contribution in [3.63, 3.8) is 0 Å². The smallest absolute Gasteiger partial charge is 0.854 e. The molecule has 2 atom stereocenters. The zero-order valence-corrected chi connectivity index (χ0v) is 47.5. The first-order valence-electron chi connectivity index (χ1n) is 23.0. The molecule has 3 heterocycles. The van der Waals surface area contributed by atoms with Crippen LogP contribution in [0.2, 0.25) is 0 Å². The van der Waals surface area contributed by atoms with Crippen molar-refractivity contribution in [3.8, 4) is 0 Å². The first-order valence-corrected chi connectivity index (χ1v) is 24.1. The van der Waals surface area contributed by atoms with Gasteiger partial charge in [-0.2, -0.15) is 11.8 Å². The summed E-state index contributed by atoms with van der Waals surface area (Å²) < 4.78 is 48.8. The predicted molar refractivity (Wildman–Crippen MR) is 231 cm³/mol. The van der Waals surface area contributed by atoms with Crippen LogP contribution in [-0.4, -0.2) is 181 Å². The van der Waals surface area contributed by atoms with Crippen molar-refractivity contribution in [1.82, 2.24) is 19.6 Å². The van der Waals surface area contributed by atoms with E-state index in [-0.39, 0.29) is 146 Å². The molecule has 10 nitrogen and oxygen atoms in total. The van der Waals surface area contributed by atoms with Gasteiger partial charge in [0.25, 0.3) is 5.92 Å². The number of ether oxygens (including phenoxy) is 4. The van der Waals surface area contributed by atoms with Gasteiger partial charge < -0.3 is 39.0 Å². The van der Waals surface area contributed by atoms with Gasteiger partial charge in [0, 0.05) is 94.9 Å². The van der Waals surface area contributed by atoms with Crippen LogP contribution in [0.15, 0.2) is 0 Å². The Bertz CT molecular complexity index is 1120. The van der Waals surface area contributed by atoms with E-state index < -0.39 is 11.3 Å². The SMILES string of the molecule is CC.CC(C)OCC1(CN2CCOCC2)CC1(F)F.CC1COCCN1CC1(C[O-])CC1.CCN(C)CC1(COCC(C)C)CC1.[K+].[K+].[O-]CC1(CN2CCSCC2)CC1. The molecule has 0 spiro atoms. The minimum absolute atomic E-state index is 0. The van der Waals surface area contributed by atoms with Crippen LogP contribution in [-0.2, 0) is 18.9 Å². The van der Waals surface area contributed by atoms with Crippen LogP contribution in [0.3, 0.4) is 0 Å².